The number of phenolic OH excluding ortho intramolecular Hbond substituents is 1. The van der Waals surface area contributed by atoms with Crippen molar-refractivity contribution in [1.82, 2.24) is 4.90 Å². The molecule has 0 bridgehead atoms. The number of Topliss-reactive ketones (excluding diaryl/α,β-unsaturated/α-hetero) is 4. The molecule has 14 nitrogen and oxygen atoms in total. The van der Waals surface area contributed by atoms with Crippen LogP contribution in [0.5, 0.6) is 5.75 Å². The number of carbonyl (C=O) groups excluding carboxylic acids is 7. The fraction of sp³-hybridized carbons (Fsp3) is 0.361. The van der Waals surface area contributed by atoms with Crippen molar-refractivity contribution in [2.75, 3.05) is 24.7 Å². The number of rotatable bonds is 6. The lowest BCUT2D eigenvalue weighted by Gasteiger charge is -2.56. The van der Waals surface area contributed by atoms with E-state index in [-0.39, 0.29) is 23.2 Å². The van der Waals surface area contributed by atoms with E-state index in [2.05, 4.69) is 10.6 Å². The Morgan fingerprint density at radius 3 is 2.26 bits per heavy atom. The van der Waals surface area contributed by atoms with E-state index in [0.717, 1.165) is 10.8 Å². The number of aliphatic hydroxyl groups is 1. The summed E-state index contributed by atoms with van der Waals surface area (Å²) in [6.07, 6.45) is -1.69. The Bertz CT molecular complexity index is 2000. The van der Waals surface area contributed by atoms with Gasteiger partial charge in [0.15, 0.2) is 34.7 Å². The minimum atomic E-state index is -3.14. The van der Waals surface area contributed by atoms with Gasteiger partial charge in [-0.1, -0.05) is 56.3 Å². The lowest BCUT2D eigenvalue weighted by molar-refractivity contribution is -0.205. The normalized spacial score (nSPS) is 28.8. The molecule has 6 N–H and O–H groups in total. The Morgan fingerprint density at radius 2 is 1.60 bits per heavy atom. The number of fused-ring (bicyclic) bond motifs is 4. The highest BCUT2D eigenvalue weighted by Crippen LogP contribution is 2.56. The highest BCUT2D eigenvalue weighted by molar-refractivity contribution is 6.32. The number of phenols is 1. The molecule has 3 aliphatic carbocycles. The van der Waals surface area contributed by atoms with Crippen molar-refractivity contribution >= 4 is 63.2 Å². The largest absolute Gasteiger partial charge is 0.505 e. The molecule has 50 heavy (non-hydrogen) atoms. The number of anilines is 2. The quantitative estimate of drug-likeness (QED) is 0.144. The molecule has 8 atom stereocenters. The second kappa shape index (κ2) is 12.4. The Morgan fingerprint density at radius 1 is 0.940 bits per heavy atom. The Balaban J connectivity index is 1.43. The monoisotopic (exact) mass is 684 g/mol. The van der Waals surface area contributed by atoms with Gasteiger partial charge in [0.25, 0.3) is 0 Å². The van der Waals surface area contributed by atoms with E-state index >= 15 is 0 Å². The number of amides is 3. The van der Waals surface area contributed by atoms with E-state index in [1.807, 2.05) is 30.3 Å². The summed E-state index contributed by atoms with van der Waals surface area (Å²) in [5.41, 5.74) is 2.50. The molecular formula is C36H36N4O10. The maximum atomic E-state index is 14.4. The van der Waals surface area contributed by atoms with Crippen LogP contribution in [0.1, 0.15) is 42.1 Å². The molecule has 14 heteroatoms. The first kappa shape index (κ1) is 34.4. The molecule has 0 aliphatic heterocycles. The molecule has 0 saturated heterocycles. The van der Waals surface area contributed by atoms with Gasteiger partial charge < -0.3 is 31.3 Å². The van der Waals surface area contributed by atoms with Gasteiger partial charge in [-0.05, 0) is 43.1 Å². The zero-order valence-corrected chi connectivity index (χ0v) is 27.6. The standard InChI is InChI=1S/C36H36N4O10/c1-5-21(41)50-31-22-15(2)17-13-14-20(39-35(48)38-19-12-8-10-16-9-6-7-11-18(16)19)28(42)23(17)29(43)24(22)32(45)36(49)26(31)27(40(3)4)30(44)25(33(36)46)34(37)47/h6-15,22,24-27,31,42,49H,5H2,1-4H3,(H2,37,47)(H2,38,39,48)/t15-,22+,24?,25?,26+,27?,31-,36-/m0/s1. The molecule has 2 fully saturated rings. The number of urea groups is 1. The van der Waals surface area contributed by atoms with Crippen molar-refractivity contribution < 1.29 is 48.5 Å². The number of nitrogens with one attached hydrogen (secondary N) is 2. The molecular weight excluding hydrogens is 648 g/mol. The lowest BCUT2D eigenvalue weighted by Crippen LogP contribution is -2.78. The van der Waals surface area contributed by atoms with E-state index in [1.165, 1.54) is 38.1 Å². The first-order chi connectivity index (χ1) is 23.6. The molecule has 3 aliphatic rings. The molecule has 3 amide bonds. The molecule has 2 saturated carbocycles. The first-order valence-electron chi connectivity index (χ1n) is 16.1. The third-order valence-corrected chi connectivity index (χ3v) is 10.3. The number of likely N-dealkylation sites (N-methyl/N-ethyl adjacent to an activating group) is 1. The number of aromatic hydroxyl groups is 1. The topological polar surface area (TPSA) is 222 Å². The average molecular weight is 685 g/mol. The molecule has 3 unspecified atom stereocenters. The molecule has 3 aromatic rings. The summed E-state index contributed by atoms with van der Waals surface area (Å²) in [4.78, 5) is 95.9. The van der Waals surface area contributed by atoms with E-state index in [0.29, 0.717) is 5.69 Å². The van der Waals surface area contributed by atoms with E-state index in [1.54, 1.807) is 19.1 Å². The van der Waals surface area contributed by atoms with Gasteiger partial charge in [0.05, 0.1) is 34.8 Å². The second-order valence-corrected chi connectivity index (χ2v) is 13.2. The predicted molar refractivity (Wildman–Crippen MR) is 178 cm³/mol. The zero-order valence-electron chi connectivity index (χ0n) is 27.6. The molecule has 0 radical (unpaired) electrons. The van der Waals surface area contributed by atoms with Crippen molar-refractivity contribution in [3.05, 3.63) is 65.7 Å². The highest BCUT2D eigenvalue weighted by Gasteiger charge is 2.74. The minimum absolute atomic E-state index is 0.152. The van der Waals surface area contributed by atoms with Crippen molar-refractivity contribution in [3.8, 4) is 5.75 Å². The highest BCUT2D eigenvalue weighted by atomic mass is 16.5. The van der Waals surface area contributed by atoms with Gasteiger partial charge in [0.1, 0.15) is 11.9 Å². The van der Waals surface area contributed by atoms with Gasteiger partial charge >= 0.3 is 12.0 Å². The number of hydrogen-bond acceptors (Lipinski definition) is 11. The predicted octanol–water partition coefficient (Wildman–Crippen LogP) is 2.16. The molecule has 6 rings (SSSR count). The van der Waals surface area contributed by atoms with Crippen LogP contribution < -0.4 is 16.4 Å². The summed E-state index contributed by atoms with van der Waals surface area (Å²) in [7, 11) is 2.86. The van der Waals surface area contributed by atoms with Crippen LogP contribution in [0.2, 0.25) is 0 Å². The summed E-state index contributed by atoms with van der Waals surface area (Å²) < 4.78 is 5.81. The number of primary amides is 1. The maximum absolute atomic E-state index is 14.4. The SMILES string of the molecule is CCC(=O)O[C@H]1[C@H]2C(C(=O)c3c(ccc(NC(=O)Nc4cccc5ccccc45)c3O)[C@@H]2C)C(=O)[C@]2(O)C(=O)C(C(N)=O)C(=O)C(N(C)C)[C@H]12. The number of nitrogens with two attached hydrogens (primary N) is 1. The zero-order chi connectivity index (χ0) is 36.4. The third kappa shape index (κ3) is 5.05. The summed E-state index contributed by atoms with van der Waals surface area (Å²) in [6, 6.07) is 13.3. The smallest absolute Gasteiger partial charge is 0.323 e. The van der Waals surface area contributed by atoms with Crippen LogP contribution in [-0.2, 0) is 28.7 Å². The Hall–Kier alpha value is -5.47. The van der Waals surface area contributed by atoms with Gasteiger partial charge in [-0.3, -0.25) is 33.7 Å². The van der Waals surface area contributed by atoms with Crippen LogP contribution in [0.4, 0.5) is 16.2 Å². The summed E-state index contributed by atoms with van der Waals surface area (Å²) >= 11 is 0. The summed E-state index contributed by atoms with van der Waals surface area (Å²) in [5.74, 6) is -15.4. The van der Waals surface area contributed by atoms with Crippen LogP contribution in [0.15, 0.2) is 54.6 Å². The number of hydrogen-bond donors (Lipinski definition) is 5. The number of ketones is 4. The van der Waals surface area contributed by atoms with E-state index in [4.69, 9.17) is 10.5 Å². The molecule has 0 heterocycles. The van der Waals surface area contributed by atoms with Crippen molar-refractivity contribution in [2.45, 2.75) is 43.9 Å². The summed E-state index contributed by atoms with van der Waals surface area (Å²) in [6.45, 7) is 3.12. The van der Waals surface area contributed by atoms with Gasteiger partial charge in [0.2, 0.25) is 5.91 Å². The van der Waals surface area contributed by atoms with Crippen LogP contribution in [0.25, 0.3) is 10.8 Å². The number of nitrogens with zero attached hydrogens (tertiary/aromatic N) is 1. The fourth-order valence-electron chi connectivity index (χ4n) is 8.05. The van der Waals surface area contributed by atoms with Crippen molar-refractivity contribution in [3.63, 3.8) is 0 Å². The van der Waals surface area contributed by atoms with Crippen molar-refractivity contribution in [2.24, 2.45) is 29.4 Å². The van der Waals surface area contributed by atoms with E-state index in [9.17, 15) is 43.8 Å². The lowest BCUT2D eigenvalue weighted by atomic mass is 9.49. The molecule has 260 valence electrons. The number of benzene rings is 3. The van der Waals surface area contributed by atoms with E-state index < -0.39 is 94.1 Å². The van der Waals surface area contributed by atoms with Crippen LogP contribution in [-0.4, -0.2) is 88.0 Å². The first-order valence-corrected chi connectivity index (χ1v) is 16.1. The molecule has 0 spiro atoms. The van der Waals surface area contributed by atoms with Crippen molar-refractivity contribution in [1.29, 1.82) is 0 Å². The number of esters is 1. The molecule has 3 aromatic carbocycles. The van der Waals surface area contributed by atoms with Gasteiger partial charge in [-0.15, -0.1) is 0 Å². The second-order valence-electron chi connectivity index (χ2n) is 13.2. The minimum Gasteiger partial charge on any atom is -0.505 e. The Kier molecular flexibility index (Phi) is 8.56. The average Bonchev–Trinajstić information content (AvgIpc) is 3.06. The number of ether oxygens (including phenoxy) is 1. The summed E-state index contributed by atoms with van der Waals surface area (Å²) in [5, 5.41) is 30.5. The number of carbonyl (C=O) groups is 7. The Labute approximate surface area is 285 Å². The van der Waals surface area contributed by atoms with Crippen LogP contribution in [0, 0.1) is 23.7 Å². The van der Waals surface area contributed by atoms with Crippen LogP contribution >= 0.6 is 0 Å². The maximum Gasteiger partial charge on any atom is 0.323 e. The van der Waals surface area contributed by atoms with Crippen LogP contribution in [0.3, 0.4) is 0 Å². The third-order valence-electron chi connectivity index (χ3n) is 10.3. The van der Waals surface area contributed by atoms with Gasteiger partial charge in [0, 0.05) is 17.7 Å². The fourth-order valence-corrected chi connectivity index (χ4v) is 8.05. The van der Waals surface area contributed by atoms with Gasteiger partial charge in [-0.25, -0.2) is 4.79 Å². The van der Waals surface area contributed by atoms with Gasteiger partial charge in [-0.2, -0.15) is 0 Å². The molecule has 0 aromatic heterocycles.